The number of ketones is 1. The van der Waals surface area contributed by atoms with Crippen LogP contribution in [0.3, 0.4) is 0 Å². The van der Waals surface area contributed by atoms with Crippen molar-refractivity contribution >= 4 is 11.7 Å². The maximum Gasteiger partial charge on any atom is 0.252 e. The van der Waals surface area contributed by atoms with Gasteiger partial charge in [0, 0.05) is 11.1 Å². The average Bonchev–Trinajstić information content (AvgIpc) is 3.22. The highest BCUT2D eigenvalue weighted by atomic mass is 16.6. The first-order valence-electron chi connectivity index (χ1n) is 9.97. The topological polar surface area (TPSA) is 64.6 Å². The van der Waals surface area contributed by atoms with E-state index in [1.807, 2.05) is 37.3 Å². The lowest BCUT2D eigenvalue weighted by atomic mass is 9.87. The SMILES string of the molecule is CCC1COc2cc(C(=O)NC3(C(=O)c4ccccc4)CCCC3)ccc2O1. The van der Waals surface area contributed by atoms with Crippen molar-refractivity contribution in [3.8, 4) is 11.5 Å². The highest BCUT2D eigenvalue weighted by Gasteiger charge is 2.42. The Kier molecular flexibility index (Phi) is 5.07. The summed E-state index contributed by atoms with van der Waals surface area (Å²) in [4.78, 5) is 26.2. The molecule has 1 fully saturated rings. The number of fused-ring (bicyclic) bond motifs is 1. The van der Waals surface area contributed by atoms with Gasteiger partial charge in [0.15, 0.2) is 17.3 Å². The van der Waals surface area contributed by atoms with Gasteiger partial charge in [-0.1, -0.05) is 50.1 Å². The first-order chi connectivity index (χ1) is 13.6. The van der Waals surface area contributed by atoms with Gasteiger partial charge in [-0.3, -0.25) is 9.59 Å². The zero-order valence-corrected chi connectivity index (χ0v) is 16.1. The molecule has 2 aromatic rings. The number of rotatable bonds is 5. The molecule has 1 aliphatic heterocycles. The van der Waals surface area contributed by atoms with Crippen LogP contribution in [0.25, 0.3) is 0 Å². The number of Topliss-reactive ketones (excluding diaryl/α,β-unsaturated/α-hetero) is 1. The van der Waals surface area contributed by atoms with E-state index in [0.29, 0.717) is 42.1 Å². The molecule has 1 aliphatic carbocycles. The Labute approximate surface area is 165 Å². The van der Waals surface area contributed by atoms with Crippen LogP contribution >= 0.6 is 0 Å². The van der Waals surface area contributed by atoms with Gasteiger partial charge < -0.3 is 14.8 Å². The third-order valence-electron chi connectivity index (χ3n) is 5.66. The number of benzene rings is 2. The van der Waals surface area contributed by atoms with Crippen molar-refractivity contribution in [2.24, 2.45) is 0 Å². The summed E-state index contributed by atoms with van der Waals surface area (Å²) >= 11 is 0. The van der Waals surface area contributed by atoms with Gasteiger partial charge >= 0.3 is 0 Å². The third kappa shape index (κ3) is 3.49. The Bertz CT molecular complexity index is 871. The van der Waals surface area contributed by atoms with Gasteiger partial charge in [-0.15, -0.1) is 0 Å². The Morgan fingerprint density at radius 2 is 1.79 bits per heavy atom. The van der Waals surface area contributed by atoms with E-state index in [1.165, 1.54) is 0 Å². The lowest BCUT2D eigenvalue weighted by Gasteiger charge is -2.29. The van der Waals surface area contributed by atoms with Crippen LogP contribution in [0.5, 0.6) is 11.5 Å². The molecule has 1 saturated carbocycles. The van der Waals surface area contributed by atoms with Gasteiger partial charge in [0.2, 0.25) is 0 Å². The van der Waals surface area contributed by atoms with E-state index in [-0.39, 0.29) is 17.8 Å². The number of ether oxygens (including phenoxy) is 2. The number of hydrogen-bond donors (Lipinski definition) is 1. The summed E-state index contributed by atoms with van der Waals surface area (Å²) in [6.45, 7) is 2.52. The quantitative estimate of drug-likeness (QED) is 0.792. The second-order valence-corrected chi connectivity index (χ2v) is 7.56. The summed E-state index contributed by atoms with van der Waals surface area (Å²) in [6, 6.07) is 14.4. The molecule has 5 nitrogen and oxygen atoms in total. The van der Waals surface area contributed by atoms with E-state index in [2.05, 4.69) is 5.32 Å². The molecule has 0 saturated heterocycles. The summed E-state index contributed by atoms with van der Waals surface area (Å²) < 4.78 is 11.6. The first kappa shape index (κ1) is 18.5. The highest BCUT2D eigenvalue weighted by molar-refractivity contribution is 6.07. The van der Waals surface area contributed by atoms with Crippen LogP contribution < -0.4 is 14.8 Å². The maximum absolute atomic E-state index is 13.2. The second-order valence-electron chi connectivity index (χ2n) is 7.56. The molecule has 1 unspecified atom stereocenters. The normalized spacial score (nSPS) is 19.8. The third-order valence-corrected chi connectivity index (χ3v) is 5.66. The molecular formula is C23H25NO4. The Morgan fingerprint density at radius 1 is 1.04 bits per heavy atom. The van der Waals surface area contributed by atoms with Crippen LogP contribution in [0.4, 0.5) is 0 Å². The second kappa shape index (κ2) is 7.66. The molecule has 2 aromatic carbocycles. The molecule has 1 amide bonds. The van der Waals surface area contributed by atoms with Gasteiger partial charge in [0.25, 0.3) is 5.91 Å². The van der Waals surface area contributed by atoms with Crippen LogP contribution in [0.15, 0.2) is 48.5 Å². The van der Waals surface area contributed by atoms with E-state index in [1.54, 1.807) is 18.2 Å². The van der Waals surface area contributed by atoms with Crippen LogP contribution in [0.1, 0.15) is 59.7 Å². The van der Waals surface area contributed by atoms with Crippen LogP contribution in [0, 0.1) is 0 Å². The standard InChI is InChI=1S/C23H25NO4/c1-2-18-15-27-20-14-17(10-11-19(20)28-18)22(26)24-23(12-6-7-13-23)21(25)16-8-4-3-5-9-16/h3-5,8-11,14,18H,2,6-7,12-13,15H2,1H3,(H,24,26). The monoisotopic (exact) mass is 379 g/mol. The molecule has 0 bridgehead atoms. The molecule has 28 heavy (non-hydrogen) atoms. The van der Waals surface area contributed by atoms with E-state index in [4.69, 9.17) is 9.47 Å². The van der Waals surface area contributed by atoms with Crippen molar-refractivity contribution in [2.75, 3.05) is 6.61 Å². The van der Waals surface area contributed by atoms with E-state index >= 15 is 0 Å². The van der Waals surface area contributed by atoms with E-state index in [9.17, 15) is 9.59 Å². The molecule has 2 aliphatic rings. The minimum absolute atomic E-state index is 0.0118. The lowest BCUT2D eigenvalue weighted by Crippen LogP contribution is -2.52. The van der Waals surface area contributed by atoms with Crippen molar-refractivity contribution in [3.63, 3.8) is 0 Å². The minimum atomic E-state index is -0.834. The molecule has 1 N–H and O–H groups in total. The average molecular weight is 379 g/mol. The van der Waals surface area contributed by atoms with Gasteiger partial charge in [0.1, 0.15) is 18.2 Å². The van der Waals surface area contributed by atoms with Crippen LogP contribution in [-0.4, -0.2) is 29.9 Å². The Balaban J connectivity index is 1.55. The molecule has 0 spiro atoms. The zero-order valence-electron chi connectivity index (χ0n) is 16.1. The minimum Gasteiger partial charge on any atom is -0.486 e. The molecule has 1 atom stereocenters. The molecule has 0 radical (unpaired) electrons. The smallest absolute Gasteiger partial charge is 0.252 e. The number of carbonyl (C=O) groups is 2. The summed E-state index contributed by atoms with van der Waals surface area (Å²) in [7, 11) is 0. The Morgan fingerprint density at radius 3 is 2.50 bits per heavy atom. The maximum atomic E-state index is 13.2. The van der Waals surface area contributed by atoms with Crippen molar-refractivity contribution in [1.29, 1.82) is 0 Å². The van der Waals surface area contributed by atoms with Crippen molar-refractivity contribution in [3.05, 3.63) is 59.7 Å². The highest BCUT2D eigenvalue weighted by Crippen LogP contribution is 2.35. The fourth-order valence-corrected chi connectivity index (χ4v) is 4.00. The van der Waals surface area contributed by atoms with Gasteiger partial charge in [0.05, 0.1) is 0 Å². The largest absolute Gasteiger partial charge is 0.486 e. The fraction of sp³-hybridized carbons (Fsp3) is 0.391. The number of nitrogens with one attached hydrogen (secondary N) is 1. The van der Waals surface area contributed by atoms with Crippen LogP contribution in [-0.2, 0) is 0 Å². The van der Waals surface area contributed by atoms with Crippen molar-refractivity contribution in [2.45, 2.75) is 50.7 Å². The Hall–Kier alpha value is -2.82. The molecule has 1 heterocycles. The predicted molar refractivity (Wildman–Crippen MR) is 106 cm³/mol. The van der Waals surface area contributed by atoms with E-state index < -0.39 is 5.54 Å². The summed E-state index contributed by atoms with van der Waals surface area (Å²) in [6.07, 6.45) is 4.09. The summed E-state index contributed by atoms with van der Waals surface area (Å²) in [5.74, 6) is 0.968. The lowest BCUT2D eigenvalue weighted by molar-refractivity contribution is 0.0766. The zero-order chi connectivity index (χ0) is 19.6. The molecule has 146 valence electrons. The summed E-state index contributed by atoms with van der Waals surface area (Å²) in [5, 5.41) is 3.05. The van der Waals surface area contributed by atoms with Crippen LogP contribution in [0.2, 0.25) is 0 Å². The molecule has 5 heteroatoms. The predicted octanol–water partition coefficient (Wildman–Crippen LogP) is 4.16. The number of hydrogen-bond acceptors (Lipinski definition) is 4. The molecule has 0 aromatic heterocycles. The van der Waals surface area contributed by atoms with Gasteiger partial charge in [-0.05, 0) is 37.5 Å². The van der Waals surface area contributed by atoms with E-state index in [0.717, 1.165) is 19.3 Å². The number of amides is 1. The first-order valence-corrected chi connectivity index (χ1v) is 9.97. The van der Waals surface area contributed by atoms with Crippen molar-refractivity contribution < 1.29 is 19.1 Å². The summed E-state index contributed by atoms with van der Waals surface area (Å²) in [5.41, 5.74) is 0.279. The molecule has 4 rings (SSSR count). The van der Waals surface area contributed by atoms with Crippen molar-refractivity contribution in [1.82, 2.24) is 5.32 Å². The molecular weight excluding hydrogens is 354 g/mol. The fourth-order valence-electron chi connectivity index (χ4n) is 4.00. The van der Waals surface area contributed by atoms with Gasteiger partial charge in [-0.2, -0.15) is 0 Å². The number of carbonyl (C=O) groups excluding carboxylic acids is 2. The van der Waals surface area contributed by atoms with Gasteiger partial charge in [-0.25, -0.2) is 0 Å².